The average molecular weight is 258 g/mol. The van der Waals surface area contributed by atoms with Crippen LogP contribution in [0, 0.1) is 6.92 Å². The number of benzene rings is 1. The molecule has 1 atom stereocenters. The second kappa shape index (κ2) is 3.99. The third kappa shape index (κ3) is 1.69. The van der Waals surface area contributed by atoms with Gasteiger partial charge in [-0.3, -0.25) is 0 Å². The van der Waals surface area contributed by atoms with E-state index >= 15 is 0 Å². The predicted molar refractivity (Wildman–Crippen MR) is 67.4 cm³/mol. The van der Waals surface area contributed by atoms with E-state index in [1.165, 1.54) is 11.1 Å². The number of hydrogen-bond donors (Lipinski definition) is 1. The average Bonchev–Trinajstić information content (AvgIpc) is 3.03. The van der Waals surface area contributed by atoms with E-state index in [4.69, 9.17) is 14.0 Å². The van der Waals surface area contributed by atoms with Gasteiger partial charge in [0.25, 0.3) is 0 Å². The van der Waals surface area contributed by atoms with Crippen molar-refractivity contribution in [2.75, 3.05) is 13.3 Å². The summed E-state index contributed by atoms with van der Waals surface area (Å²) in [6, 6.07) is 6.14. The van der Waals surface area contributed by atoms with Gasteiger partial charge in [-0.05, 0) is 36.6 Å². The minimum Gasteiger partial charge on any atom is -0.454 e. The van der Waals surface area contributed by atoms with Crippen LogP contribution in [0.5, 0.6) is 11.5 Å². The van der Waals surface area contributed by atoms with E-state index in [2.05, 4.69) is 16.5 Å². The number of nitrogens with zero attached hydrogens (tertiary/aromatic N) is 1. The molecule has 0 amide bonds. The Morgan fingerprint density at radius 2 is 2.05 bits per heavy atom. The molecular weight excluding hydrogens is 244 g/mol. The van der Waals surface area contributed by atoms with E-state index in [9.17, 15) is 0 Å². The van der Waals surface area contributed by atoms with Crippen molar-refractivity contribution in [2.24, 2.45) is 0 Å². The van der Waals surface area contributed by atoms with Crippen molar-refractivity contribution in [3.05, 3.63) is 40.8 Å². The first-order valence-electron chi connectivity index (χ1n) is 6.40. The molecule has 1 N–H and O–H groups in total. The van der Waals surface area contributed by atoms with E-state index in [0.29, 0.717) is 6.79 Å². The van der Waals surface area contributed by atoms with Gasteiger partial charge in [0.2, 0.25) is 6.79 Å². The molecule has 1 aromatic carbocycles. The van der Waals surface area contributed by atoms with Crippen LogP contribution >= 0.6 is 0 Å². The Morgan fingerprint density at radius 1 is 1.21 bits per heavy atom. The van der Waals surface area contributed by atoms with Crippen molar-refractivity contribution in [3.63, 3.8) is 0 Å². The Morgan fingerprint density at radius 3 is 2.84 bits per heavy atom. The fourth-order valence-corrected chi connectivity index (χ4v) is 2.72. The number of aryl methyl sites for hydroxylation is 1. The van der Waals surface area contributed by atoms with Crippen LogP contribution in [0.4, 0.5) is 0 Å². The molecule has 19 heavy (non-hydrogen) atoms. The van der Waals surface area contributed by atoms with Gasteiger partial charge in [-0.2, -0.15) is 0 Å². The van der Waals surface area contributed by atoms with Crippen molar-refractivity contribution in [1.29, 1.82) is 0 Å². The molecule has 0 fully saturated rings. The fourth-order valence-electron chi connectivity index (χ4n) is 2.72. The van der Waals surface area contributed by atoms with Crippen LogP contribution in [0.2, 0.25) is 0 Å². The fraction of sp³-hybridized carbons (Fsp3) is 0.357. The summed E-state index contributed by atoms with van der Waals surface area (Å²) < 4.78 is 16.3. The number of hydrogen-bond acceptors (Lipinski definition) is 5. The molecule has 0 bridgehead atoms. The third-order valence-electron chi connectivity index (χ3n) is 3.62. The van der Waals surface area contributed by atoms with Gasteiger partial charge in [0.1, 0.15) is 0 Å². The molecule has 2 aromatic rings. The van der Waals surface area contributed by atoms with Crippen LogP contribution in [0.1, 0.15) is 28.6 Å². The zero-order chi connectivity index (χ0) is 12.8. The van der Waals surface area contributed by atoms with Crippen LogP contribution < -0.4 is 14.8 Å². The van der Waals surface area contributed by atoms with E-state index < -0.39 is 0 Å². The number of nitrogens with one attached hydrogen (secondary N) is 1. The number of ether oxygens (including phenoxy) is 2. The van der Waals surface area contributed by atoms with Gasteiger partial charge < -0.3 is 19.3 Å². The summed E-state index contributed by atoms with van der Waals surface area (Å²) >= 11 is 0. The highest BCUT2D eigenvalue weighted by Gasteiger charge is 2.28. The molecule has 0 radical (unpaired) electrons. The first-order valence-corrected chi connectivity index (χ1v) is 6.40. The quantitative estimate of drug-likeness (QED) is 0.847. The lowest BCUT2D eigenvalue weighted by Crippen LogP contribution is -2.30. The summed E-state index contributed by atoms with van der Waals surface area (Å²) in [6.45, 7) is 3.14. The largest absolute Gasteiger partial charge is 0.454 e. The van der Waals surface area contributed by atoms with Gasteiger partial charge in [0.15, 0.2) is 17.3 Å². The molecule has 0 spiro atoms. The molecule has 1 aromatic heterocycles. The Kier molecular flexibility index (Phi) is 2.29. The lowest BCUT2D eigenvalue weighted by Gasteiger charge is -2.25. The van der Waals surface area contributed by atoms with Crippen LogP contribution in [-0.4, -0.2) is 18.5 Å². The number of rotatable bonds is 1. The first kappa shape index (κ1) is 10.9. The van der Waals surface area contributed by atoms with Gasteiger partial charge in [-0.1, -0.05) is 5.16 Å². The lowest BCUT2D eigenvalue weighted by molar-refractivity contribution is 0.174. The van der Waals surface area contributed by atoms with Crippen LogP contribution in [0.3, 0.4) is 0 Å². The molecule has 0 aliphatic carbocycles. The normalized spacial score (nSPS) is 20.4. The smallest absolute Gasteiger partial charge is 0.231 e. The van der Waals surface area contributed by atoms with Gasteiger partial charge >= 0.3 is 0 Å². The molecule has 5 heteroatoms. The van der Waals surface area contributed by atoms with Crippen LogP contribution in [0.15, 0.2) is 22.7 Å². The maximum Gasteiger partial charge on any atom is 0.231 e. The highest BCUT2D eigenvalue weighted by molar-refractivity contribution is 5.51. The molecule has 1 unspecified atom stereocenters. The molecule has 98 valence electrons. The molecule has 5 nitrogen and oxygen atoms in total. The van der Waals surface area contributed by atoms with E-state index in [0.717, 1.165) is 35.9 Å². The summed E-state index contributed by atoms with van der Waals surface area (Å²) in [5.74, 6) is 2.49. The zero-order valence-corrected chi connectivity index (χ0v) is 10.6. The molecular formula is C14H14N2O3. The minimum absolute atomic E-state index is 0.0412. The predicted octanol–water partition coefficient (Wildman–Crippen LogP) is 1.95. The Labute approximate surface area is 110 Å². The second-order valence-corrected chi connectivity index (χ2v) is 4.91. The summed E-state index contributed by atoms with van der Waals surface area (Å²) in [5.41, 5.74) is 3.36. The molecule has 3 heterocycles. The summed E-state index contributed by atoms with van der Waals surface area (Å²) in [5, 5.41) is 7.43. The standard InChI is InChI=1S/C14H14N2O3/c1-8-4-13(19-16-8)14-10-6-12-11(17-7-18-12)5-9(10)2-3-15-14/h4-6,14-15H,2-3,7H2,1H3. The highest BCUT2D eigenvalue weighted by Crippen LogP contribution is 2.39. The van der Waals surface area contributed by atoms with Gasteiger partial charge in [-0.25, -0.2) is 0 Å². The Bertz CT molecular complexity index is 636. The summed E-state index contributed by atoms with van der Waals surface area (Å²) in [4.78, 5) is 0. The SMILES string of the molecule is Cc1cc(C2NCCc3cc4c(cc32)OCO4)on1. The first-order chi connectivity index (χ1) is 9.31. The molecule has 0 saturated carbocycles. The maximum atomic E-state index is 5.46. The van der Waals surface area contributed by atoms with E-state index in [1.54, 1.807) is 0 Å². The van der Waals surface area contributed by atoms with E-state index in [1.807, 2.05) is 19.1 Å². The second-order valence-electron chi connectivity index (χ2n) is 4.91. The monoisotopic (exact) mass is 258 g/mol. The van der Waals surface area contributed by atoms with Crippen molar-refractivity contribution in [3.8, 4) is 11.5 Å². The van der Waals surface area contributed by atoms with Crippen LogP contribution in [0.25, 0.3) is 0 Å². The lowest BCUT2D eigenvalue weighted by atomic mass is 9.92. The summed E-state index contributed by atoms with van der Waals surface area (Å²) in [6.07, 6.45) is 0.982. The third-order valence-corrected chi connectivity index (χ3v) is 3.62. The van der Waals surface area contributed by atoms with Gasteiger partial charge in [0.05, 0.1) is 11.7 Å². The van der Waals surface area contributed by atoms with Crippen LogP contribution in [-0.2, 0) is 6.42 Å². The van der Waals surface area contributed by atoms with Crippen molar-refractivity contribution in [2.45, 2.75) is 19.4 Å². The van der Waals surface area contributed by atoms with Crippen molar-refractivity contribution >= 4 is 0 Å². The Hall–Kier alpha value is -2.01. The van der Waals surface area contributed by atoms with Gasteiger partial charge in [0, 0.05) is 12.6 Å². The van der Waals surface area contributed by atoms with Gasteiger partial charge in [-0.15, -0.1) is 0 Å². The highest BCUT2D eigenvalue weighted by atomic mass is 16.7. The molecule has 2 aliphatic rings. The summed E-state index contributed by atoms with van der Waals surface area (Å²) in [7, 11) is 0. The minimum atomic E-state index is 0.0412. The Balaban J connectivity index is 1.82. The zero-order valence-electron chi connectivity index (χ0n) is 10.6. The molecule has 4 rings (SSSR count). The molecule has 2 aliphatic heterocycles. The van der Waals surface area contributed by atoms with Crippen molar-refractivity contribution in [1.82, 2.24) is 10.5 Å². The number of aromatic nitrogens is 1. The topological polar surface area (TPSA) is 56.5 Å². The molecule has 0 saturated heterocycles. The maximum absolute atomic E-state index is 5.46. The number of fused-ring (bicyclic) bond motifs is 2. The van der Waals surface area contributed by atoms with E-state index in [-0.39, 0.29) is 6.04 Å². The van der Waals surface area contributed by atoms with Crippen molar-refractivity contribution < 1.29 is 14.0 Å².